The second-order valence-electron chi connectivity index (χ2n) is 3.39. The monoisotopic (exact) mass is 166 g/mol. The summed E-state index contributed by atoms with van der Waals surface area (Å²) in [7, 11) is 0. The topological polar surface area (TPSA) is 37.3 Å². The van der Waals surface area contributed by atoms with Crippen LogP contribution in [-0.4, -0.2) is 11.1 Å². The zero-order valence-electron chi connectivity index (χ0n) is 7.50. The first-order valence-electron chi connectivity index (χ1n) is 4.17. The molecule has 0 fully saturated rings. The van der Waals surface area contributed by atoms with E-state index in [0.717, 1.165) is 6.42 Å². The Morgan fingerprint density at radius 1 is 1.67 bits per heavy atom. The van der Waals surface area contributed by atoms with Gasteiger partial charge in [-0.05, 0) is 31.8 Å². The van der Waals surface area contributed by atoms with Crippen LogP contribution in [0.3, 0.4) is 0 Å². The normalized spacial score (nSPS) is 21.5. The number of carboxylic acids is 1. The molecule has 12 heavy (non-hydrogen) atoms. The highest BCUT2D eigenvalue weighted by Crippen LogP contribution is 2.29. The lowest BCUT2D eigenvalue weighted by molar-refractivity contribution is -0.137. The van der Waals surface area contributed by atoms with Crippen molar-refractivity contribution in [3.05, 3.63) is 23.3 Å². The van der Waals surface area contributed by atoms with Crippen molar-refractivity contribution in [2.24, 2.45) is 5.92 Å². The smallest absolute Gasteiger partial charge is 0.303 e. The van der Waals surface area contributed by atoms with Gasteiger partial charge in [-0.15, -0.1) is 0 Å². The lowest BCUT2D eigenvalue weighted by Crippen LogP contribution is -2.06. The van der Waals surface area contributed by atoms with Crippen LogP contribution in [0.25, 0.3) is 0 Å². The Morgan fingerprint density at radius 3 is 2.83 bits per heavy atom. The average molecular weight is 166 g/mol. The molecular formula is C10H14O2. The molecule has 0 amide bonds. The van der Waals surface area contributed by atoms with Gasteiger partial charge in [-0.25, -0.2) is 0 Å². The van der Waals surface area contributed by atoms with Gasteiger partial charge in [0, 0.05) is 0 Å². The second-order valence-corrected chi connectivity index (χ2v) is 3.39. The summed E-state index contributed by atoms with van der Waals surface area (Å²) in [5, 5.41) is 8.62. The van der Waals surface area contributed by atoms with Crippen molar-refractivity contribution in [3.63, 3.8) is 0 Å². The number of allylic oxidation sites excluding steroid dienone is 4. The standard InChI is InChI=1S/C10H14O2/c1-7(2)9-5-3-4-8(9)6-10(11)12/h3,5,8H,4,6H2,1-2H3,(H,11,12). The first-order valence-corrected chi connectivity index (χ1v) is 4.17. The second kappa shape index (κ2) is 3.57. The summed E-state index contributed by atoms with van der Waals surface area (Å²) in [6.45, 7) is 4.06. The SMILES string of the molecule is CC(C)=C1C=CCC1CC(=O)O. The van der Waals surface area contributed by atoms with Crippen molar-refractivity contribution >= 4 is 5.97 Å². The van der Waals surface area contributed by atoms with Crippen molar-refractivity contribution in [2.45, 2.75) is 26.7 Å². The summed E-state index contributed by atoms with van der Waals surface area (Å²) in [6.07, 6.45) is 5.24. The Bertz CT molecular complexity index is 245. The average Bonchev–Trinajstić information content (AvgIpc) is 2.33. The first kappa shape index (κ1) is 9.04. The first-order chi connectivity index (χ1) is 5.61. The van der Waals surface area contributed by atoms with Crippen LogP contribution in [0.4, 0.5) is 0 Å². The van der Waals surface area contributed by atoms with Gasteiger partial charge in [0.2, 0.25) is 0 Å². The van der Waals surface area contributed by atoms with E-state index >= 15 is 0 Å². The number of carbonyl (C=O) groups is 1. The molecule has 0 aromatic heterocycles. The molecule has 1 atom stereocenters. The van der Waals surface area contributed by atoms with Crippen molar-refractivity contribution in [1.29, 1.82) is 0 Å². The quantitative estimate of drug-likeness (QED) is 0.683. The molecule has 0 saturated carbocycles. The van der Waals surface area contributed by atoms with Gasteiger partial charge in [-0.1, -0.05) is 17.7 Å². The zero-order valence-corrected chi connectivity index (χ0v) is 7.50. The van der Waals surface area contributed by atoms with Crippen LogP contribution in [0.2, 0.25) is 0 Å². The van der Waals surface area contributed by atoms with Crippen LogP contribution >= 0.6 is 0 Å². The van der Waals surface area contributed by atoms with Gasteiger partial charge < -0.3 is 5.11 Å². The molecule has 0 aliphatic heterocycles. The summed E-state index contributed by atoms with van der Waals surface area (Å²) < 4.78 is 0. The van der Waals surface area contributed by atoms with Crippen molar-refractivity contribution in [2.75, 3.05) is 0 Å². The third-order valence-electron chi connectivity index (χ3n) is 2.16. The van der Waals surface area contributed by atoms with Gasteiger partial charge in [0.25, 0.3) is 0 Å². The molecular weight excluding hydrogens is 152 g/mol. The van der Waals surface area contributed by atoms with Crippen LogP contribution in [0, 0.1) is 5.92 Å². The van der Waals surface area contributed by atoms with E-state index in [-0.39, 0.29) is 12.3 Å². The van der Waals surface area contributed by atoms with Gasteiger partial charge >= 0.3 is 5.97 Å². The summed E-state index contributed by atoms with van der Waals surface area (Å²) in [4.78, 5) is 10.5. The van der Waals surface area contributed by atoms with E-state index in [2.05, 4.69) is 6.08 Å². The van der Waals surface area contributed by atoms with Crippen molar-refractivity contribution < 1.29 is 9.90 Å². The van der Waals surface area contributed by atoms with E-state index < -0.39 is 5.97 Å². The van der Waals surface area contributed by atoms with Gasteiger partial charge in [-0.2, -0.15) is 0 Å². The Morgan fingerprint density at radius 2 is 2.33 bits per heavy atom. The van der Waals surface area contributed by atoms with E-state index in [0.29, 0.717) is 0 Å². The van der Waals surface area contributed by atoms with E-state index in [4.69, 9.17) is 5.11 Å². The molecule has 0 heterocycles. The summed E-state index contributed by atoms with van der Waals surface area (Å²) >= 11 is 0. The fraction of sp³-hybridized carbons (Fsp3) is 0.500. The molecule has 0 saturated heterocycles. The molecule has 2 heteroatoms. The molecule has 0 aromatic carbocycles. The third-order valence-corrected chi connectivity index (χ3v) is 2.16. The highest BCUT2D eigenvalue weighted by molar-refractivity contribution is 5.68. The van der Waals surface area contributed by atoms with Gasteiger partial charge in [0.05, 0.1) is 6.42 Å². The Labute approximate surface area is 72.6 Å². The summed E-state index contributed by atoms with van der Waals surface area (Å²) in [5.74, 6) is -0.491. The predicted octanol–water partition coefficient (Wildman–Crippen LogP) is 2.37. The number of carboxylic acid groups (broad SMARTS) is 1. The van der Waals surface area contributed by atoms with Crippen LogP contribution in [0.1, 0.15) is 26.7 Å². The van der Waals surface area contributed by atoms with Crippen LogP contribution < -0.4 is 0 Å². The van der Waals surface area contributed by atoms with E-state index in [1.807, 2.05) is 19.9 Å². The summed E-state index contributed by atoms with van der Waals surface area (Å²) in [5.41, 5.74) is 2.44. The number of hydrogen-bond acceptors (Lipinski definition) is 1. The maximum atomic E-state index is 10.5. The molecule has 0 aromatic rings. The molecule has 1 unspecified atom stereocenters. The maximum absolute atomic E-state index is 10.5. The molecule has 1 N–H and O–H groups in total. The summed E-state index contributed by atoms with van der Waals surface area (Å²) in [6, 6.07) is 0. The van der Waals surface area contributed by atoms with E-state index in [9.17, 15) is 4.79 Å². The van der Waals surface area contributed by atoms with Gasteiger partial charge in [0.15, 0.2) is 0 Å². The molecule has 1 rings (SSSR count). The highest BCUT2D eigenvalue weighted by Gasteiger charge is 2.19. The maximum Gasteiger partial charge on any atom is 0.303 e. The van der Waals surface area contributed by atoms with E-state index in [1.54, 1.807) is 0 Å². The molecule has 1 aliphatic rings. The molecule has 0 spiro atoms. The van der Waals surface area contributed by atoms with Crippen molar-refractivity contribution in [1.82, 2.24) is 0 Å². The minimum absolute atomic E-state index is 0.215. The fourth-order valence-electron chi connectivity index (χ4n) is 1.60. The lowest BCUT2D eigenvalue weighted by atomic mass is 9.95. The number of aliphatic carboxylic acids is 1. The molecule has 0 radical (unpaired) electrons. The lowest BCUT2D eigenvalue weighted by Gasteiger charge is -2.10. The van der Waals surface area contributed by atoms with Crippen molar-refractivity contribution in [3.8, 4) is 0 Å². The minimum Gasteiger partial charge on any atom is -0.481 e. The molecule has 66 valence electrons. The van der Waals surface area contributed by atoms with Gasteiger partial charge in [-0.3, -0.25) is 4.79 Å². The minimum atomic E-state index is -0.706. The fourth-order valence-corrected chi connectivity index (χ4v) is 1.60. The Hall–Kier alpha value is -1.05. The molecule has 2 nitrogen and oxygen atoms in total. The zero-order chi connectivity index (χ0) is 9.14. The Balaban J connectivity index is 2.70. The van der Waals surface area contributed by atoms with Crippen LogP contribution in [0.5, 0.6) is 0 Å². The predicted molar refractivity (Wildman–Crippen MR) is 47.9 cm³/mol. The number of rotatable bonds is 2. The highest BCUT2D eigenvalue weighted by atomic mass is 16.4. The van der Waals surface area contributed by atoms with Gasteiger partial charge in [0.1, 0.15) is 0 Å². The molecule has 0 bridgehead atoms. The number of hydrogen-bond donors (Lipinski definition) is 1. The van der Waals surface area contributed by atoms with Crippen LogP contribution in [-0.2, 0) is 4.79 Å². The molecule has 1 aliphatic carbocycles. The van der Waals surface area contributed by atoms with Crippen LogP contribution in [0.15, 0.2) is 23.3 Å². The third kappa shape index (κ3) is 1.97. The van der Waals surface area contributed by atoms with E-state index in [1.165, 1.54) is 11.1 Å². The Kier molecular flexibility index (Phi) is 2.69. The largest absolute Gasteiger partial charge is 0.481 e.